The lowest BCUT2D eigenvalue weighted by atomic mass is 9.87. The van der Waals surface area contributed by atoms with Crippen molar-refractivity contribution in [2.24, 2.45) is 5.18 Å². The molecule has 2 aromatic carbocycles. The Morgan fingerprint density at radius 2 is 1.68 bits per heavy atom. The summed E-state index contributed by atoms with van der Waals surface area (Å²) in [7, 11) is 0. The van der Waals surface area contributed by atoms with Crippen molar-refractivity contribution in [1.29, 1.82) is 0 Å². The van der Waals surface area contributed by atoms with Crippen LogP contribution in [0, 0.1) is 4.91 Å². The van der Waals surface area contributed by atoms with E-state index >= 15 is 0 Å². The van der Waals surface area contributed by atoms with Crippen LogP contribution in [0.3, 0.4) is 0 Å². The van der Waals surface area contributed by atoms with Gasteiger partial charge in [0.15, 0.2) is 6.17 Å². The second-order valence-corrected chi connectivity index (χ2v) is 5.20. The van der Waals surface area contributed by atoms with E-state index in [4.69, 9.17) is 16.3 Å². The Morgan fingerprint density at radius 3 is 2.18 bits per heavy atom. The number of ether oxygens (including phenoxy) is 1. The van der Waals surface area contributed by atoms with E-state index in [9.17, 15) is 9.70 Å². The summed E-state index contributed by atoms with van der Waals surface area (Å²) in [5.41, 5.74) is 1.50. The average Bonchev–Trinajstić information content (AvgIpc) is 2.57. The maximum Gasteiger partial charge on any atom is 0.234 e. The van der Waals surface area contributed by atoms with Gasteiger partial charge in [0, 0.05) is 11.1 Å². The number of carbonyl (C=O) groups excluding carboxylic acids is 1. The lowest BCUT2D eigenvalue weighted by Gasteiger charge is -2.27. The third-order valence-corrected chi connectivity index (χ3v) is 3.82. The Morgan fingerprint density at radius 1 is 1.14 bits per heavy atom. The van der Waals surface area contributed by atoms with Crippen molar-refractivity contribution in [3.05, 3.63) is 64.6 Å². The summed E-state index contributed by atoms with van der Waals surface area (Å²) < 4.78 is 5.82. The number of amides is 1. The molecule has 22 heavy (non-hydrogen) atoms. The van der Waals surface area contributed by atoms with Crippen LogP contribution < -0.4 is 10.1 Å². The van der Waals surface area contributed by atoms with E-state index in [-0.39, 0.29) is 11.8 Å². The number of nitrogens with zero attached hydrogens (tertiary/aromatic N) is 1. The molecule has 0 bridgehead atoms. The smallest absolute Gasteiger partial charge is 0.234 e. The molecule has 3 rings (SSSR count). The monoisotopic (exact) mass is 316 g/mol. The molecule has 1 aliphatic rings. The first-order chi connectivity index (χ1) is 10.7. The van der Waals surface area contributed by atoms with Gasteiger partial charge in [-0.2, -0.15) is 0 Å². The van der Waals surface area contributed by atoms with Gasteiger partial charge >= 0.3 is 0 Å². The van der Waals surface area contributed by atoms with Gasteiger partial charge in [-0.05, 0) is 17.3 Å². The molecule has 1 heterocycles. The number of nitroso groups, excluding NO2 is 1. The van der Waals surface area contributed by atoms with Crippen LogP contribution in [0.5, 0.6) is 11.5 Å². The lowest BCUT2D eigenvalue weighted by Crippen LogP contribution is -2.39. The Bertz CT molecular complexity index is 675. The molecular formula is C16H13ClN2O3. The molecule has 1 N–H and O–H groups in total. The van der Waals surface area contributed by atoms with Gasteiger partial charge in [0.25, 0.3) is 0 Å². The van der Waals surface area contributed by atoms with Crippen molar-refractivity contribution >= 4 is 17.5 Å². The molecule has 1 unspecified atom stereocenters. The highest BCUT2D eigenvalue weighted by molar-refractivity contribution is 6.18. The molecule has 2 aromatic rings. The van der Waals surface area contributed by atoms with Crippen molar-refractivity contribution in [2.45, 2.75) is 12.1 Å². The third kappa shape index (κ3) is 2.55. The number of carbonyl (C=O) groups is 1. The van der Waals surface area contributed by atoms with Gasteiger partial charge in [-0.25, -0.2) is 0 Å². The van der Waals surface area contributed by atoms with Gasteiger partial charge in [-0.1, -0.05) is 36.4 Å². The average molecular weight is 317 g/mol. The molecule has 0 saturated heterocycles. The summed E-state index contributed by atoms with van der Waals surface area (Å²) in [5.74, 6) is 0.301. The number of hydrogen-bond donors (Lipinski definition) is 1. The quantitative estimate of drug-likeness (QED) is 0.694. The molecule has 1 atom stereocenters. The molecule has 1 aliphatic heterocycles. The first-order valence-electron chi connectivity index (χ1n) is 6.79. The summed E-state index contributed by atoms with van der Waals surface area (Å²) in [6, 6.07) is 14.7. The van der Waals surface area contributed by atoms with E-state index in [2.05, 4.69) is 10.5 Å². The summed E-state index contributed by atoms with van der Waals surface area (Å²) in [6.07, 6.45) is -0.948. The van der Waals surface area contributed by atoms with E-state index in [0.717, 1.165) is 11.1 Å². The minimum absolute atomic E-state index is 0.0677. The summed E-state index contributed by atoms with van der Waals surface area (Å²) in [6.45, 7) is 0. The summed E-state index contributed by atoms with van der Waals surface area (Å²) >= 11 is 5.62. The minimum Gasteiger partial charge on any atom is -0.457 e. The highest BCUT2D eigenvalue weighted by atomic mass is 35.5. The zero-order valence-electron chi connectivity index (χ0n) is 11.5. The number of nitrogens with one attached hydrogen (secondary N) is 1. The second kappa shape index (κ2) is 6.15. The van der Waals surface area contributed by atoms with E-state index in [1.54, 1.807) is 0 Å². The molecule has 6 heteroatoms. The van der Waals surface area contributed by atoms with Gasteiger partial charge < -0.3 is 10.1 Å². The Kier molecular flexibility index (Phi) is 4.06. The van der Waals surface area contributed by atoms with Gasteiger partial charge in [0.05, 0.1) is 11.8 Å². The first kappa shape index (κ1) is 14.5. The van der Waals surface area contributed by atoms with E-state index in [1.165, 1.54) is 0 Å². The minimum atomic E-state index is -0.948. The highest BCUT2D eigenvalue weighted by Gasteiger charge is 2.33. The van der Waals surface area contributed by atoms with Gasteiger partial charge in [0.1, 0.15) is 11.5 Å². The summed E-state index contributed by atoms with van der Waals surface area (Å²) in [4.78, 5) is 23.3. The fraction of sp³-hybridized carbons (Fsp3) is 0.188. The number of hydrogen-bond acceptors (Lipinski definition) is 4. The SMILES string of the molecule is O=NC(CCl)NC(=O)C1c2ccccc2Oc2ccccc21. The maximum atomic E-state index is 12.6. The van der Waals surface area contributed by atoms with E-state index in [1.807, 2.05) is 48.5 Å². The fourth-order valence-corrected chi connectivity index (χ4v) is 2.67. The number of para-hydroxylation sites is 2. The number of benzene rings is 2. The van der Waals surface area contributed by atoms with Gasteiger partial charge in [-0.15, -0.1) is 16.5 Å². The Labute approximate surface area is 132 Å². The second-order valence-electron chi connectivity index (χ2n) is 4.89. The van der Waals surface area contributed by atoms with Crippen LogP contribution in [0.4, 0.5) is 0 Å². The van der Waals surface area contributed by atoms with Crippen LogP contribution >= 0.6 is 11.6 Å². The van der Waals surface area contributed by atoms with Gasteiger partial charge in [-0.3, -0.25) is 4.79 Å². The topological polar surface area (TPSA) is 67.8 Å². The van der Waals surface area contributed by atoms with Crippen molar-refractivity contribution in [1.82, 2.24) is 5.32 Å². The zero-order valence-corrected chi connectivity index (χ0v) is 12.3. The Balaban J connectivity index is 2.02. The molecule has 112 valence electrons. The number of rotatable bonds is 4. The number of fused-ring (bicyclic) bond motifs is 2. The molecule has 0 radical (unpaired) electrons. The van der Waals surface area contributed by atoms with Crippen molar-refractivity contribution < 1.29 is 9.53 Å². The number of halogens is 1. The lowest BCUT2D eigenvalue weighted by molar-refractivity contribution is -0.122. The molecule has 1 amide bonds. The van der Waals surface area contributed by atoms with E-state index in [0.29, 0.717) is 11.5 Å². The normalized spacial score (nSPS) is 14.2. The molecule has 0 fully saturated rings. The van der Waals surface area contributed by atoms with Crippen molar-refractivity contribution in [3.8, 4) is 11.5 Å². The summed E-state index contributed by atoms with van der Waals surface area (Å²) in [5, 5.41) is 5.37. The van der Waals surface area contributed by atoms with E-state index < -0.39 is 12.1 Å². The predicted octanol–water partition coefficient (Wildman–Crippen LogP) is 3.37. The molecule has 0 spiro atoms. The van der Waals surface area contributed by atoms with Crippen LogP contribution in [0.1, 0.15) is 17.0 Å². The van der Waals surface area contributed by atoms with Crippen LogP contribution in [0.25, 0.3) is 0 Å². The van der Waals surface area contributed by atoms with Gasteiger partial charge in [0.2, 0.25) is 5.91 Å². The molecule has 0 saturated carbocycles. The van der Waals surface area contributed by atoms with Crippen LogP contribution in [0.15, 0.2) is 53.7 Å². The largest absolute Gasteiger partial charge is 0.457 e. The molecule has 0 aliphatic carbocycles. The van der Waals surface area contributed by atoms with Crippen molar-refractivity contribution in [3.63, 3.8) is 0 Å². The number of alkyl halides is 1. The van der Waals surface area contributed by atoms with Crippen molar-refractivity contribution in [2.75, 3.05) is 5.88 Å². The Hall–Kier alpha value is -2.40. The highest BCUT2D eigenvalue weighted by Crippen LogP contribution is 2.43. The van der Waals surface area contributed by atoms with Crippen LogP contribution in [-0.4, -0.2) is 18.0 Å². The fourth-order valence-electron chi connectivity index (χ4n) is 2.53. The van der Waals surface area contributed by atoms with Crippen LogP contribution in [-0.2, 0) is 4.79 Å². The zero-order chi connectivity index (χ0) is 15.5. The third-order valence-electron chi connectivity index (χ3n) is 3.52. The predicted molar refractivity (Wildman–Crippen MR) is 83.2 cm³/mol. The standard InChI is InChI=1S/C16H13ClN2O3/c17-9-14(19-21)18-16(20)15-10-5-1-3-7-12(10)22-13-8-4-2-6-11(13)15/h1-8,14-15H,9H2,(H,18,20). The first-order valence-corrected chi connectivity index (χ1v) is 7.32. The molecule has 0 aromatic heterocycles. The molecule has 5 nitrogen and oxygen atoms in total. The maximum absolute atomic E-state index is 12.6. The van der Waals surface area contributed by atoms with Crippen LogP contribution in [0.2, 0.25) is 0 Å². The molecular weight excluding hydrogens is 304 g/mol.